The maximum Gasteiger partial charge on any atom is 0.326 e. The second-order valence-electron chi connectivity index (χ2n) is 8.60. The van der Waals surface area contributed by atoms with Crippen molar-refractivity contribution in [2.24, 2.45) is 27.9 Å². The van der Waals surface area contributed by atoms with Crippen LogP contribution in [0.25, 0.3) is 0 Å². The summed E-state index contributed by atoms with van der Waals surface area (Å²) in [6.45, 7) is 1.35. The van der Waals surface area contributed by atoms with Crippen molar-refractivity contribution >= 4 is 35.6 Å². The number of guanidine groups is 1. The third-order valence-electron chi connectivity index (χ3n) is 5.30. The van der Waals surface area contributed by atoms with Crippen molar-refractivity contribution in [3.05, 3.63) is 35.9 Å². The number of hydrogen-bond donors (Lipinski definition) is 9. The fourth-order valence-electron chi connectivity index (χ4n) is 3.33. The standard InChI is InChI=1S/C23H36N8O7/c1-12(32)18(31-19(34)14(24)10-13-6-3-2-4-7-13)21(36)29-15(8-5-9-28-23(26)27)20(35)30-16(22(37)38)11-17(25)33/h2-4,6-7,12,14-16,18,32H,5,8-11,24H2,1H3,(H2,25,33)(H,29,36)(H,30,35)(H,31,34)(H,37,38)(H4,26,27,28). The molecule has 0 saturated heterocycles. The van der Waals surface area contributed by atoms with Gasteiger partial charge < -0.3 is 49.1 Å². The fraction of sp³-hybridized carbons (Fsp3) is 0.478. The molecule has 38 heavy (non-hydrogen) atoms. The lowest BCUT2D eigenvalue weighted by Crippen LogP contribution is -2.60. The molecule has 15 heteroatoms. The first-order valence-electron chi connectivity index (χ1n) is 11.8. The average molecular weight is 537 g/mol. The van der Waals surface area contributed by atoms with Gasteiger partial charge in [-0.3, -0.25) is 24.2 Å². The molecule has 5 unspecified atom stereocenters. The number of nitrogens with two attached hydrogens (primary N) is 4. The number of carboxylic acid groups (broad SMARTS) is 1. The van der Waals surface area contributed by atoms with Crippen molar-refractivity contribution in [2.45, 2.75) is 62.9 Å². The highest BCUT2D eigenvalue weighted by Crippen LogP contribution is 2.06. The van der Waals surface area contributed by atoms with Crippen LogP contribution < -0.4 is 38.9 Å². The summed E-state index contributed by atoms with van der Waals surface area (Å²) in [7, 11) is 0. The first-order valence-corrected chi connectivity index (χ1v) is 11.8. The minimum Gasteiger partial charge on any atom is -0.480 e. The van der Waals surface area contributed by atoms with Crippen LogP contribution in [0.15, 0.2) is 35.3 Å². The van der Waals surface area contributed by atoms with E-state index < -0.39 is 66.3 Å². The van der Waals surface area contributed by atoms with Crippen molar-refractivity contribution < 1.29 is 34.2 Å². The molecular weight excluding hydrogens is 500 g/mol. The van der Waals surface area contributed by atoms with Gasteiger partial charge in [-0.2, -0.15) is 0 Å². The van der Waals surface area contributed by atoms with Gasteiger partial charge in [-0.05, 0) is 31.7 Å². The lowest BCUT2D eigenvalue weighted by atomic mass is 10.0. The molecule has 1 aromatic carbocycles. The SMILES string of the molecule is CC(O)C(NC(=O)C(N)Cc1ccccc1)C(=O)NC(CCCN=C(N)N)C(=O)NC(CC(N)=O)C(=O)O. The average Bonchev–Trinajstić information content (AvgIpc) is 2.83. The molecule has 0 heterocycles. The van der Waals surface area contributed by atoms with E-state index in [4.69, 9.17) is 22.9 Å². The molecular formula is C23H36N8O7. The molecule has 13 N–H and O–H groups in total. The zero-order valence-corrected chi connectivity index (χ0v) is 21.0. The number of aliphatic carboxylic acids is 1. The number of aliphatic hydroxyl groups excluding tert-OH is 1. The Balaban J connectivity index is 2.98. The Morgan fingerprint density at radius 2 is 1.53 bits per heavy atom. The molecule has 15 nitrogen and oxygen atoms in total. The van der Waals surface area contributed by atoms with E-state index in [2.05, 4.69) is 20.9 Å². The van der Waals surface area contributed by atoms with E-state index in [1.807, 2.05) is 0 Å². The number of benzene rings is 1. The summed E-state index contributed by atoms with van der Waals surface area (Å²) < 4.78 is 0. The summed E-state index contributed by atoms with van der Waals surface area (Å²) in [4.78, 5) is 64.8. The summed E-state index contributed by atoms with van der Waals surface area (Å²) in [6.07, 6.45) is -1.74. The van der Waals surface area contributed by atoms with Crippen LogP contribution in [-0.2, 0) is 30.4 Å². The molecule has 0 aliphatic heterocycles. The van der Waals surface area contributed by atoms with Crippen molar-refractivity contribution in [2.75, 3.05) is 6.54 Å². The third kappa shape index (κ3) is 11.7. The maximum atomic E-state index is 13.0. The second kappa shape index (κ2) is 15.8. The molecule has 0 fully saturated rings. The third-order valence-corrected chi connectivity index (χ3v) is 5.30. The Labute approximate surface area is 219 Å². The molecule has 0 bridgehead atoms. The maximum absolute atomic E-state index is 13.0. The number of primary amides is 1. The van der Waals surface area contributed by atoms with Gasteiger partial charge in [0.15, 0.2) is 5.96 Å². The van der Waals surface area contributed by atoms with E-state index in [-0.39, 0.29) is 31.8 Å². The van der Waals surface area contributed by atoms with Gasteiger partial charge in [0.1, 0.15) is 18.1 Å². The van der Waals surface area contributed by atoms with Gasteiger partial charge in [-0.1, -0.05) is 30.3 Å². The Hall–Kier alpha value is -4.24. The molecule has 0 aliphatic rings. The first kappa shape index (κ1) is 31.8. The van der Waals surface area contributed by atoms with Crippen LogP contribution in [-0.4, -0.2) is 82.6 Å². The first-order chi connectivity index (χ1) is 17.8. The summed E-state index contributed by atoms with van der Waals surface area (Å²) in [5, 5.41) is 26.4. The number of hydrogen-bond acceptors (Lipinski definition) is 8. The van der Waals surface area contributed by atoms with Crippen molar-refractivity contribution in [3.8, 4) is 0 Å². The minimum absolute atomic E-state index is 0.0503. The van der Waals surface area contributed by atoms with Gasteiger partial charge in [0, 0.05) is 6.54 Å². The summed E-state index contributed by atoms with van der Waals surface area (Å²) in [5.74, 6) is -5.24. The molecule has 1 aromatic rings. The normalized spacial score (nSPS) is 14.6. The van der Waals surface area contributed by atoms with Crippen LogP contribution in [0.5, 0.6) is 0 Å². The van der Waals surface area contributed by atoms with E-state index in [0.717, 1.165) is 5.56 Å². The number of carbonyl (C=O) groups is 5. The highest BCUT2D eigenvalue weighted by atomic mass is 16.4. The van der Waals surface area contributed by atoms with Crippen molar-refractivity contribution in [3.63, 3.8) is 0 Å². The van der Waals surface area contributed by atoms with Crippen LogP contribution in [0.3, 0.4) is 0 Å². The smallest absolute Gasteiger partial charge is 0.326 e. The van der Waals surface area contributed by atoms with Crippen LogP contribution in [0.4, 0.5) is 0 Å². The Morgan fingerprint density at radius 1 is 0.921 bits per heavy atom. The predicted molar refractivity (Wildman–Crippen MR) is 137 cm³/mol. The van der Waals surface area contributed by atoms with Gasteiger partial charge in [0.25, 0.3) is 0 Å². The quantitative estimate of drug-likeness (QED) is 0.0568. The highest BCUT2D eigenvalue weighted by molar-refractivity contribution is 5.95. The van der Waals surface area contributed by atoms with Crippen molar-refractivity contribution in [1.29, 1.82) is 0 Å². The predicted octanol–water partition coefficient (Wildman–Crippen LogP) is -3.59. The van der Waals surface area contributed by atoms with Crippen molar-refractivity contribution in [1.82, 2.24) is 16.0 Å². The molecule has 0 aromatic heterocycles. The number of amides is 4. The zero-order valence-electron chi connectivity index (χ0n) is 21.0. The molecule has 0 spiro atoms. The van der Waals surface area contributed by atoms with E-state index in [1.165, 1.54) is 6.92 Å². The number of aliphatic hydroxyl groups is 1. The summed E-state index contributed by atoms with van der Waals surface area (Å²) >= 11 is 0. The van der Waals surface area contributed by atoms with Crippen LogP contribution in [0, 0.1) is 0 Å². The largest absolute Gasteiger partial charge is 0.480 e. The van der Waals surface area contributed by atoms with Gasteiger partial charge in [-0.15, -0.1) is 0 Å². The topological polar surface area (TPSA) is 278 Å². The monoisotopic (exact) mass is 536 g/mol. The van der Waals surface area contributed by atoms with E-state index in [9.17, 15) is 34.2 Å². The highest BCUT2D eigenvalue weighted by Gasteiger charge is 2.32. The molecule has 210 valence electrons. The Bertz CT molecular complexity index is 999. The number of rotatable bonds is 16. The van der Waals surface area contributed by atoms with Crippen LogP contribution in [0.1, 0.15) is 31.7 Å². The van der Waals surface area contributed by atoms with Gasteiger partial charge in [-0.25, -0.2) is 4.79 Å². The molecule has 0 radical (unpaired) electrons. The molecule has 1 rings (SSSR count). The summed E-state index contributed by atoms with van der Waals surface area (Å²) in [6, 6.07) is 3.43. The summed E-state index contributed by atoms with van der Waals surface area (Å²) in [5.41, 5.74) is 22.3. The molecule has 0 saturated carbocycles. The zero-order chi connectivity index (χ0) is 28.8. The molecule has 4 amide bonds. The number of carboxylic acids is 1. The fourth-order valence-corrected chi connectivity index (χ4v) is 3.33. The Kier molecular flexibility index (Phi) is 13.2. The van der Waals surface area contributed by atoms with Gasteiger partial charge >= 0.3 is 5.97 Å². The minimum atomic E-state index is -1.64. The van der Waals surface area contributed by atoms with E-state index in [1.54, 1.807) is 30.3 Å². The van der Waals surface area contributed by atoms with Crippen LogP contribution >= 0.6 is 0 Å². The second-order valence-corrected chi connectivity index (χ2v) is 8.60. The van der Waals surface area contributed by atoms with Crippen LogP contribution in [0.2, 0.25) is 0 Å². The van der Waals surface area contributed by atoms with Gasteiger partial charge in [0.2, 0.25) is 23.6 Å². The van der Waals surface area contributed by atoms with E-state index in [0.29, 0.717) is 0 Å². The number of nitrogens with one attached hydrogen (secondary N) is 3. The lowest BCUT2D eigenvalue weighted by molar-refractivity contribution is -0.144. The van der Waals surface area contributed by atoms with Gasteiger partial charge in [0.05, 0.1) is 18.6 Å². The molecule has 5 atom stereocenters. The van der Waals surface area contributed by atoms with E-state index >= 15 is 0 Å². The number of carbonyl (C=O) groups excluding carboxylic acids is 4. The Morgan fingerprint density at radius 3 is 2.05 bits per heavy atom. The number of nitrogens with zero attached hydrogens (tertiary/aromatic N) is 1. The number of aliphatic imine (C=N–C) groups is 1. The molecule has 0 aliphatic carbocycles. The lowest BCUT2D eigenvalue weighted by Gasteiger charge is -2.26.